The third-order valence-corrected chi connectivity index (χ3v) is 6.93. The van der Waals surface area contributed by atoms with Crippen LogP contribution in [-0.4, -0.2) is 29.2 Å². The molecule has 3 aromatic rings. The van der Waals surface area contributed by atoms with Crippen molar-refractivity contribution in [3.05, 3.63) is 52.4 Å². The number of esters is 1. The Morgan fingerprint density at radius 3 is 2.68 bits per heavy atom. The highest BCUT2D eigenvalue weighted by atomic mass is 32.2. The van der Waals surface area contributed by atoms with E-state index >= 15 is 0 Å². The Morgan fingerprint density at radius 2 is 1.96 bits per heavy atom. The lowest BCUT2D eigenvalue weighted by Gasteiger charge is -2.14. The smallest absolute Gasteiger partial charge is 0.341 e. The largest absolute Gasteiger partial charge is 0.465 e. The van der Waals surface area contributed by atoms with Gasteiger partial charge in [-0.1, -0.05) is 43.0 Å². The number of fused-ring (bicyclic) bond motifs is 1. The fraction of sp³-hybridized carbons (Fsp3) is 0.286. The number of pyridine rings is 1. The lowest BCUT2D eigenvalue weighted by atomic mass is 10.1. The van der Waals surface area contributed by atoms with Crippen LogP contribution in [0.3, 0.4) is 0 Å². The zero-order valence-corrected chi connectivity index (χ0v) is 17.9. The van der Waals surface area contributed by atoms with Crippen molar-refractivity contribution < 1.29 is 14.3 Å². The number of methoxy groups -OCH3 is 1. The van der Waals surface area contributed by atoms with Gasteiger partial charge in [-0.3, -0.25) is 4.79 Å². The Hall–Kier alpha value is -2.38. The van der Waals surface area contributed by atoms with Crippen LogP contribution in [0.25, 0.3) is 10.9 Å². The third kappa shape index (κ3) is 4.20. The number of nitrogens with zero attached hydrogens (tertiary/aromatic N) is 1. The molecule has 0 bridgehead atoms. The van der Waals surface area contributed by atoms with E-state index < -0.39 is 5.97 Å². The van der Waals surface area contributed by atoms with Crippen LogP contribution in [0.1, 0.15) is 34.1 Å². The first-order valence-corrected chi connectivity index (χ1v) is 10.7. The summed E-state index contributed by atoms with van der Waals surface area (Å²) in [5.41, 5.74) is 2.17. The van der Waals surface area contributed by atoms with Crippen LogP contribution in [0, 0.1) is 13.8 Å². The molecule has 2 aromatic heterocycles. The number of thiophene rings is 1. The molecule has 0 spiro atoms. The van der Waals surface area contributed by atoms with E-state index in [0.29, 0.717) is 17.0 Å². The molecule has 1 atom stereocenters. The number of rotatable bonds is 6. The fourth-order valence-corrected chi connectivity index (χ4v) is 4.81. The van der Waals surface area contributed by atoms with Crippen molar-refractivity contribution >= 4 is 50.9 Å². The first-order chi connectivity index (χ1) is 13.4. The van der Waals surface area contributed by atoms with Crippen molar-refractivity contribution in [2.75, 3.05) is 12.4 Å². The van der Waals surface area contributed by atoms with Crippen molar-refractivity contribution in [3.63, 3.8) is 0 Å². The highest BCUT2D eigenvalue weighted by Crippen LogP contribution is 2.34. The molecule has 7 heteroatoms. The highest BCUT2D eigenvalue weighted by molar-refractivity contribution is 8.00. The number of hydrogen-bond donors (Lipinski definition) is 1. The molecule has 5 nitrogen and oxygen atoms in total. The molecule has 1 amide bonds. The molecule has 0 saturated carbocycles. The van der Waals surface area contributed by atoms with Crippen molar-refractivity contribution in [1.29, 1.82) is 0 Å². The molecule has 146 valence electrons. The number of carbonyl (C=O) groups excluding carboxylic acids is 2. The summed E-state index contributed by atoms with van der Waals surface area (Å²) in [6.45, 7) is 5.75. The minimum atomic E-state index is -0.436. The van der Waals surface area contributed by atoms with Gasteiger partial charge in [0, 0.05) is 10.3 Å². The van der Waals surface area contributed by atoms with E-state index in [0.717, 1.165) is 26.4 Å². The number of hydrogen-bond acceptors (Lipinski definition) is 6. The van der Waals surface area contributed by atoms with Gasteiger partial charge in [0.1, 0.15) is 5.00 Å². The van der Waals surface area contributed by atoms with E-state index in [1.807, 2.05) is 57.2 Å². The minimum absolute atomic E-state index is 0.145. The summed E-state index contributed by atoms with van der Waals surface area (Å²) in [6, 6.07) is 11.8. The maximum atomic E-state index is 12.9. The second-order valence-electron chi connectivity index (χ2n) is 6.33. The van der Waals surface area contributed by atoms with E-state index in [9.17, 15) is 9.59 Å². The van der Waals surface area contributed by atoms with Crippen LogP contribution in [0.4, 0.5) is 5.00 Å². The Balaban J connectivity index is 1.80. The van der Waals surface area contributed by atoms with Crippen LogP contribution in [-0.2, 0) is 9.53 Å². The van der Waals surface area contributed by atoms with Crippen LogP contribution in [0.15, 0.2) is 41.4 Å². The molecule has 0 aliphatic heterocycles. The average Bonchev–Trinajstić information content (AvgIpc) is 2.98. The molecule has 0 fully saturated rings. The number of anilines is 1. The lowest BCUT2D eigenvalue weighted by Crippen LogP contribution is -2.25. The summed E-state index contributed by atoms with van der Waals surface area (Å²) < 4.78 is 4.88. The summed E-state index contributed by atoms with van der Waals surface area (Å²) in [7, 11) is 1.34. The SMILES string of the molecule is CCC(Sc1ccc2ccccc2n1)C(=O)Nc1sc(C)c(C)c1C(=O)OC. The van der Waals surface area contributed by atoms with Gasteiger partial charge in [0.2, 0.25) is 5.91 Å². The summed E-state index contributed by atoms with van der Waals surface area (Å²) in [4.78, 5) is 30.6. The Morgan fingerprint density at radius 1 is 1.21 bits per heavy atom. The first kappa shape index (κ1) is 20.4. The van der Waals surface area contributed by atoms with Gasteiger partial charge in [0.05, 0.1) is 28.5 Å². The number of aryl methyl sites for hydroxylation is 1. The molecule has 1 unspecified atom stereocenters. The van der Waals surface area contributed by atoms with Gasteiger partial charge in [0.15, 0.2) is 0 Å². The molecule has 1 aromatic carbocycles. The van der Waals surface area contributed by atoms with Gasteiger partial charge < -0.3 is 10.1 Å². The quantitative estimate of drug-likeness (QED) is 0.443. The summed E-state index contributed by atoms with van der Waals surface area (Å²) in [5, 5.41) is 5.01. The number of benzene rings is 1. The molecule has 2 heterocycles. The summed E-state index contributed by atoms with van der Waals surface area (Å²) in [6.07, 6.45) is 0.641. The normalized spacial score (nSPS) is 12.0. The van der Waals surface area contributed by atoms with Gasteiger partial charge in [-0.2, -0.15) is 0 Å². The molecule has 0 saturated heterocycles. The maximum Gasteiger partial charge on any atom is 0.341 e. The zero-order chi connectivity index (χ0) is 20.3. The number of nitrogens with one attached hydrogen (secondary N) is 1. The first-order valence-electron chi connectivity index (χ1n) is 8.96. The van der Waals surface area contributed by atoms with Crippen LogP contribution in [0.5, 0.6) is 0 Å². The van der Waals surface area contributed by atoms with Crippen molar-refractivity contribution in [2.24, 2.45) is 0 Å². The van der Waals surface area contributed by atoms with Crippen molar-refractivity contribution in [3.8, 4) is 0 Å². The summed E-state index contributed by atoms with van der Waals surface area (Å²) in [5.74, 6) is -0.581. The standard InChI is InChI=1S/C21H22N2O3S2/c1-5-16(28-17-11-10-14-8-6-7-9-15(14)22-17)19(24)23-20-18(21(25)26-4)12(2)13(3)27-20/h6-11,16H,5H2,1-4H3,(H,23,24). The van der Waals surface area contributed by atoms with Crippen molar-refractivity contribution in [1.82, 2.24) is 4.98 Å². The van der Waals surface area contributed by atoms with Gasteiger partial charge >= 0.3 is 5.97 Å². The summed E-state index contributed by atoms with van der Waals surface area (Å²) >= 11 is 2.82. The Bertz CT molecular complexity index is 1030. The molecular formula is C21H22N2O3S2. The average molecular weight is 415 g/mol. The molecule has 0 aliphatic carbocycles. The van der Waals surface area contributed by atoms with E-state index in [-0.39, 0.29) is 11.2 Å². The second kappa shape index (κ2) is 8.75. The second-order valence-corrected chi connectivity index (χ2v) is 8.77. The topological polar surface area (TPSA) is 68.3 Å². The van der Waals surface area contributed by atoms with E-state index in [1.165, 1.54) is 30.2 Å². The van der Waals surface area contributed by atoms with E-state index in [2.05, 4.69) is 10.3 Å². The molecular weight excluding hydrogens is 392 g/mol. The van der Waals surface area contributed by atoms with Crippen LogP contribution >= 0.6 is 23.1 Å². The maximum absolute atomic E-state index is 12.9. The van der Waals surface area contributed by atoms with Crippen LogP contribution < -0.4 is 5.32 Å². The molecule has 0 radical (unpaired) electrons. The van der Waals surface area contributed by atoms with Gasteiger partial charge in [-0.05, 0) is 38.0 Å². The zero-order valence-electron chi connectivity index (χ0n) is 16.2. The Labute approximate surface area is 172 Å². The third-order valence-electron chi connectivity index (χ3n) is 4.51. The highest BCUT2D eigenvalue weighted by Gasteiger charge is 2.25. The van der Waals surface area contributed by atoms with Crippen LogP contribution in [0.2, 0.25) is 0 Å². The fourth-order valence-electron chi connectivity index (χ4n) is 2.84. The van der Waals surface area contributed by atoms with Gasteiger partial charge in [-0.25, -0.2) is 9.78 Å². The lowest BCUT2D eigenvalue weighted by molar-refractivity contribution is -0.115. The number of para-hydroxylation sites is 1. The number of thioether (sulfide) groups is 1. The number of ether oxygens (including phenoxy) is 1. The van der Waals surface area contributed by atoms with Gasteiger partial charge in [0.25, 0.3) is 0 Å². The predicted molar refractivity (Wildman–Crippen MR) is 115 cm³/mol. The van der Waals surface area contributed by atoms with Crippen molar-refractivity contribution in [2.45, 2.75) is 37.5 Å². The Kier molecular flexibility index (Phi) is 6.36. The van der Waals surface area contributed by atoms with E-state index in [4.69, 9.17) is 4.74 Å². The molecule has 3 rings (SSSR count). The molecule has 1 N–H and O–H groups in total. The number of aromatic nitrogens is 1. The predicted octanol–water partition coefficient (Wildman–Crippen LogP) is 5.21. The van der Waals surface area contributed by atoms with Gasteiger partial charge in [-0.15, -0.1) is 11.3 Å². The van der Waals surface area contributed by atoms with E-state index in [1.54, 1.807) is 0 Å². The molecule has 28 heavy (non-hydrogen) atoms. The minimum Gasteiger partial charge on any atom is -0.465 e. The number of carbonyl (C=O) groups is 2. The molecule has 0 aliphatic rings. The number of amides is 1. The monoisotopic (exact) mass is 414 g/mol.